The van der Waals surface area contributed by atoms with E-state index in [1.54, 1.807) is 0 Å². The van der Waals surface area contributed by atoms with E-state index in [9.17, 15) is 9.59 Å². The van der Waals surface area contributed by atoms with Crippen LogP contribution < -0.4 is 16.1 Å². The Labute approximate surface area is 94.7 Å². The van der Waals surface area contributed by atoms with Gasteiger partial charge in [-0.05, 0) is 6.92 Å². The number of carbonyl (C=O) groups is 1. The highest BCUT2D eigenvalue weighted by molar-refractivity contribution is 5.87. The number of hydrogen-bond acceptors (Lipinski definition) is 6. The molecule has 0 aliphatic rings. The lowest BCUT2D eigenvalue weighted by molar-refractivity contribution is -0.138. The molecule has 0 bridgehead atoms. The van der Waals surface area contributed by atoms with E-state index in [-0.39, 0.29) is 22.7 Å². The zero-order valence-electron chi connectivity index (χ0n) is 8.93. The standard InChI is InChI=1S/C9H9N5O3/c1-4(2)8(16)17-14-6-5(11-3-12-6)7(15)13-9(14)10/h3H,1H2,2H3,(H,11,12)(H2,10,13,15). The van der Waals surface area contributed by atoms with E-state index in [0.717, 1.165) is 4.73 Å². The summed E-state index contributed by atoms with van der Waals surface area (Å²) in [6.45, 7) is 4.91. The number of anilines is 1. The van der Waals surface area contributed by atoms with E-state index in [2.05, 4.69) is 21.5 Å². The van der Waals surface area contributed by atoms with Gasteiger partial charge in [0.05, 0.1) is 6.33 Å². The van der Waals surface area contributed by atoms with Gasteiger partial charge in [0.25, 0.3) is 0 Å². The highest BCUT2D eigenvalue weighted by atomic mass is 16.7. The van der Waals surface area contributed by atoms with Crippen molar-refractivity contribution in [1.82, 2.24) is 19.7 Å². The third kappa shape index (κ3) is 1.75. The van der Waals surface area contributed by atoms with Gasteiger partial charge in [0.15, 0.2) is 5.52 Å². The normalized spacial score (nSPS) is 10.4. The highest BCUT2D eigenvalue weighted by Crippen LogP contribution is 2.06. The van der Waals surface area contributed by atoms with Gasteiger partial charge in [-0.15, -0.1) is 4.73 Å². The molecule has 3 N–H and O–H groups in total. The molecule has 0 spiro atoms. The number of aromatic nitrogens is 4. The van der Waals surface area contributed by atoms with Gasteiger partial charge in [0, 0.05) is 5.57 Å². The molecular weight excluding hydrogens is 226 g/mol. The molecule has 8 heteroatoms. The Morgan fingerprint density at radius 2 is 2.35 bits per heavy atom. The van der Waals surface area contributed by atoms with Crippen molar-refractivity contribution in [3.8, 4) is 0 Å². The maximum absolute atomic E-state index is 11.4. The number of aromatic amines is 1. The number of hydrogen-bond donors (Lipinski definition) is 2. The van der Waals surface area contributed by atoms with Crippen molar-refractivity contribution in [2.24, 2.45) is 0 Å². The van der Waals surface area contributed by atoms with Gasteiger partial charge >= 0.3 is 11.5 Å². The van der Waals surface area contributed by atoms with Gasteiger partial charge in [0.1, 0.15) is 0 Å². The summed E-state index contributed by atoms with van der Waals surface area (Å²) in [6, 6.07) is 0. The van der Waals surface area contributed by atoms with Crippen LogP contribution in [0.2, 0.25) is 0 Å². The predicted molar refractivity (Wildman–Crippen MR) is 59.0 cm³/mol. The average molecular weight is 235 g/mol. The van der Waals surface area contributed by atoms with Crippen LogP contribution in [0.25, 0.3) is 11.2 Å². The molecule has 0 aromatic carbocycles. The van der Waals surface area contributed by atoms with Gasteiger partial charge < -0.3 is 15.6 Å². The Balaban J connectivity index is 2.61. The van der Waals surface area contributed by atoms with Crippen molar-refractivity contribution in [2.75, 3.05) is 5.73 Å². The van der Waals surface area contributed by atoms with Crippen LogP contribution in [0.5, 0.6) is 0 Å². The summed E-state index contributed by atoms with van der Waals surface area (Å²) < 4.78 is 0.879. The molecule has 0 radical (unpaired) electrons. The molecule has 0 saturated carbocycles. The van der Waals surface area contributed by atoms with Gasteiger partial charge in [-0.3, -0.25) is 4.79 Å². The van der Waals surface area contributed by atoms with Crippen LogP contribution in [-0.4, -0.2) is 25.7 Å². The molecule has 17 heavy (non-hydrogen) atoms. The highest BCUT2D eigenvalue weighted by Gasteiger charge is 2.15. The fraction of sp³-hybridized carbons (Fsp3) is 0.111. The number of fused-ring (bicyclic) bond motifs is 1. The van der Waals surface area contributed by atoms with E-state index in [0.29, 0.717) is 0 Å². The number of imidazole rings is 1. The molecule has 8 nitrogen and oxygen atoms in total. The van der Waals surface area contributed by atoms with Crippen molar-refractivity contribution >= 4 is 23.1 Å². The molecule has 2 aromatic heterocycles. The molecule has 0 atom stereocenters. The first kappa shape index (κ1) is 10.9. The van der Waals surface area contributed by atoms with Crippen molar-refractivity contribution in [3.05, 3.63) is 28.8 Å². The lowest BCUT2D eigenvalue weighted by Gasteiger charge is -2.08. The minimum absolute atomic E-state index is 0.0945. The molecular formula is C9H9N5O3. The molecule has 0 saturated heterocycles. The first-order valence-electron chi connectivity index (χ1n) is 4.60. The van der Waals surface area contributed by atoms with Crippen LogP contribution in [-0.2, 0) is 4.79 Å². The first-order valence-corrected chi connectivity index (χ1v) is 4.60. The van der Waals surface area contributed by atoms with Crippen LogP contribution in [0, 0.1) is 0 Å². The number of nitrogens with zero attached hydrogens (tertiary/aromatic N) is 3. The van der Waals surface area contributed by atoms with Crippen LogP contribution >= 0.6 is 0 Å². The second-order valence-corrected chi connectivity index (χ2v) is 3.33. The Morgan fingerprint density at radius 1 is 1.65 bits per heavy atom. The number of carbonyl (C=O) groups excluding carboxylic acids is 1. The Bertz CT molecular complexity index is 669. The Hall–Kier alpha value is -2.64. The van der Waals surface area contributed by atoms with E-state index in [1.807, 2.05) is 0 Å². The molecule has 88 valence electrons. The summed E-state index contributed by atoms with van der Waals surface area (Å²) in [5, 5.41) is 0. The first-order chi connectivity index (χ1) is 8.00. The number of rotatable bonds is 2. The fourth-order valence-corrected chi connectivity index (χ4v) is 1.16. The van der Waals surface area contributed by atoms with Crippen LogP contribution in [0.15, 0.2) is 23.3 Å². The van der Waals surface area contributed by atoms with Crippen LogP contribution in [0.3, 0.4) is 0 Å². The van der Waals surface area contributed by atoms with Crippen LogP contribution in [0.4, 0.5) is 5.95 Å². The van der Waals surface area contributed by atoms with E-state index in [4.69, 9.17) is 10.6 Å². The summed E-state index contributed by atoms with van der Waals surface area (Å²) in [7, 11) is 0. The SMILES string of the molecule is C=C(C)C(=O)On1c(N)nc(=O)c2[nH]cnc21. The summed E-state index contributed by atoms with van der Waals surface area (Å²) in [5.74, 6) is -0.948. The van der Waals surface area contributed by atoms with Crippen molar-refractivity contribution in [3.63, 3.8) is 0 Å². The molecule has 0 aliphatic carbocycles. The second-order valence-electron chi connectivity index (χ2n) is 3.33. The van der Waals surface area contributed by atoms with E-state index < -0.39 is 11.5 Å². The molecule has 2 aromatic rings. The summed E-state index contributed by atoms with van der Waals surface area (Å²) in [4.78, 5) is 37.6. The quantitative estimate of drug-likeness (QED) is 0.660. The predicted octanol–water partition coefficient (Wildman–Crippen LogP) is -0.767. The summed E-state index contributed by atoms with van der Waals surface area (Å²) in [6.07, 6.45) is 1.28. The zero-order chi connectivity index (χ0) is 12.6. The van der Waals surface area contributed by atoms with Gasteiger partial charge in [-0.25, -0.2) is 9.78 Å². The molecule has 2 heterocycles. The van der Waals surface area contributed by atoms with Crippen molar-refractivity contribution < 1.29 is 9.63 Å². The zero-order valence-corrected chi connectivity index (χ0v) is 8.93. The lowest BCUT2D eigenvalue weighted by atomic mass is 10.4. The van der Waals surface area contributed by atoms with Gasteiger partial charge in [-0.1, -0.05) is 6.58 Å². The summed E-state index contributed by atoms with van der Waals surface area (Å²) in [5.41, 5.74) is 5.30. The van der Waals surface area contributed by atoms with Crippen molar-refractivity contribution in [1.29, 1.82) is 0 Å². The largest absolute Gasteiger partial charge is 0.367 e. The minimum atomic E-state index is -0.688. The molecule has 0 unspecified atom stereocenters. The fourth-order valence-electron chi connectivity index (χ4n) is 1.16. The number of H-pyrrole nitrogens is 1. The molecule has 0 fully saturated rings. The molecule has 0 aliphatic heterocycles. The van der Waals surface area contributed by atoms with Crippen LogP contribution in [0.1, 0.15) is 6.92 Å². The second kappa shape index (κ2) is 3.74. The maximum Gasteiger partial charge on any atom is 0.358 e. The Kier molecular flexibility index (Phi) is 2.39. The molecule has 0 amide bonds. The Morgan fingerprint density at radius 3 is 3.00 bits per heavy atom. The number of nitrogens with one attached hydrogen (secondary N) is 1. The minimum Gasteiger partial charge on any atom is -0.367 e. The molecule has 2 rings (SSSR count). The van der Waals surface area contributed by atoms with E-state index in [1.165, 1.54) is 13.3 Å². The van der Waals surface area contributed by atoms with Crippen molar-refractivity contribution in [2.45, 2.75) is 6.92 Å². The monoisotopic (exact) mass is 235 g/mol. The van der Waals surface area contributed by atoms with Gasteiger partial charge in [0.2, 0.25) is 11.6 Å². The smallest absolute Gasteiger partial charge is 0.358 e. The third-order valence-electron chi connectivity index (χ3n) is 1.97. The number of nitrogens with two attached hydrogens (primary N) is 1. The third-order valence-corrected chi connectivity index (χ3v) is 1.97. The average Bonchev–Trinajstić information content (AvgIpc) is 2.72. The topological polar surface area (TPSA) is 116 Å². The lowest BCUT2D eigenvalue weighted by Crippen LogP contribution is -2.27. The maximum atomic E-state index is 11.4. The summed E-state index contributed by atoms with van der Waals surface area (Å²) >= 11 is 0. The number of nitrogen functional groups attached to an aromatic ring is 1. The van der Waals surface area contributed by atoms with Gasteiger partial charge in [-0.2, -0.15) is 4.98 Å². The van der Waals surface area contributed by atoms with E-state index >= 15 is 0 Å².